The molecule has 8 heteroatoms. The van der Waals surface area contributed by atoms with E-state index in [0.29, 0.717) is 22.8 Å². The van der Waals surface area contributed by atoms with E-state index in [9.17, 15) is 9.18 Å². The summed E-state index contributed by atoms with van der Waals surface area (Å²) in [5, 5.41) is 7.33. The molecule has 0 amide bonds. The lowest BCUT2D eigenvalue weighted by Crippen LogP contribution is -2.22. The highest BCUT2D eigenvalue weighted by molar-refractivity contribution is 5.95. The lowest BCUT2D eigenvalue weighted by atomic mass is 10.1. The van der Waals surface area contributed by atoms with Gasteiger partial charge in [0.25, 0.3) is 0 Å². The fourth-order valence-corrected chi connectivity index (χ4v) is 2.88. The monoisotopic (exact) mass is 356 g/mol. The van der Waals surface area contributed by atoms with Gasteiger partial charge in [-0.1, -0.05) is 0 Å². The van der Waals surface area contributed by atoms with Crippen molar-refractivity contribution in [2.24, 2.45) is 0 Å². The van der Waals surface area contributed by atoms with Gasteiger partial charge in [-0.2, -0.15) is 5.10 Å². The third-order valence-corrected chi connectivity index (χ3v) is 4.17. The number of carbonyl (C=O) groups excluding carboxylic acids is 1. The average molecular weight is 356 g/mol. The Balaban J connectivity index is 1.82. The number of nitrogens with zero attached hydrogens (tertiary/aromatic N) is 3. The molecule has 3 heterocycles. The Morgan fingerprint density at radius 3 is 3.00 bits per heavy atom. The number of benzene rings is 1. The molecule has 1 N–H and O–H groups in total. The molecule has 2 bridgehead atoms. The van der Waals surface area contributed by atoms with E-state index in [1.807, 2.05) is 6.92 Å². The maximum Gasteiger partial charge on any atom is 0.343 e. The maximum absolute atomic E-state index is 13.8. The molecule has 0 spiro atoms. The Hall–Kier alpha value is -3.16. The molecule has 0 radical (unpaired) electrons. The van der Waals surface area contributed by atoms with Crippen LogP contribution in [0.4, 0.5) is 10.2 Å². The van der Waals surface area contributed by atoms with Crippen molar-refractivity contribution >= 4 is 17.4 Å². The molecule has 134 valence electrons. The Labute approximate surface area is 148 Å². The first-order valence-corrected chi connectivity index (χ1v) is 8.25. The standard InChI is InChI=1S/C18H17FN4O3/c1-10-9-25-18(24)14-8-20-23-6-5-16(22-17(14)23)21-11(2)13-7-12(19)3-4-15(13)26-10/h3-8,10-11H,9H2,1-2H3,(H,21,22)/t10-,11-/m1/s1. The quantitative estimate of drug-likeness (QED) is 0.624. The first kappa shape index (κ1) is 16.3. The minimum absolute atomic E-state index is 0.0501. The highest BCUT2D eigenvalue weighted by atomic mass is 19.1. The van der Waals surface area contributed by atoms with Gasteiger partial charge in [-0.15, -0.1) is 0 Å². The highest BCUT2D eigenvalue weighted by Crippen LogP contribution is 2.29. The van der Waals surface area contributed by atoms with E-state index in [2.05, 4.69) is 15.4 Å². The van der Waals surface area contributed by atoms with Gasteiger partial charge >= 0.3 is 5.97 Å². The molecule has 0 saturated heterocycles. The second-order valence-corrected chi connectivity index (χ2v) is 6.21. The van der Waals surface area contributed by atoms with E-state index in [1.165, 1.54) is 22.8 Å². The van der Waals surface area contributed by atoms with Crippen LogP contribution in [0.2, 0.25) is 0 Å². The van der Waals surface area contributed by atoms with Gasteiger partial charge in [0.2, 0.25) is 0 Å². The van der Waals surface area contributed by atoms with E-state index >= 15 is 0 Å². The summed E-state index contributed by atoms with van der Waals surface area (Å²) >= 11 is 0. The summed E-state index contributed by atoms with van der Waals surface area (Å²) < 4.78 is 26.5. The molecule has 3 aromatic rings. The molecule has 7 nitrogen and oxygen atoms in total. The van der Waals surface area contributed by atoms with Gasteiger partial charge in [0.05, 0.1) is 12.2 Å². The smallest absolute Gasteiger partial charge is 0.343 e. The summed E-state index contributed by atoms with van der Waals surface area (Å²) in [6.45, 7) is 3.72. The van der Waals surface area contributed by atoms with Gasteiger partial charge in [0.15, 0.2) is 5.65 Å². The number of aromatic nitrogens is 3. The molecule has 0 fully saturated rings. The number of ether oxygens (including phenoxy) is 2. The average Bonchev–Trinajstić information content (AvgIpc) is 3.03. The van der Waals surface area contributed by atoms with Crippen molar-refractivity contribution in [3.05, 3.63) is 53.6 Å². The van der Waals surface area contributed by atoms with Gasteiger partial charge in [-0.25, -0.2) is 18.7 Å². The summed E-state index contributed by atoms with van der Waals surface area (Å²) in [6, 6.07) is 5.80. The zero-order valence-electron chi connectivity index (χ0n) is 14.3. The number of esters is 1. The number of rotatable bonds is 0. The van der Waals surface area contributed by atoms with E-state index in [-0.39, 0.29) is 24.0 Å². The van der Waals surface area contributed by atoms with Crippen molar-refractivity contribution < 1.29 is 18.7 Å². The van der Waals surface area contributed by atoms with Gasteiger partial charge in [0, 0.05) is 11.8 Å². The minimum Gasteiger partial charge on any atom is -0.487 e. The molecule has 4 rings (SSSR count). The van der Waals surface area contributed by atoms with E-state index < -0.39 is 12.1 Å². The molecule has 26 heavy (non-hydrogen) atoms. The topological polar surface area (TPSA) is 77.8 Å². The molecule has 2 atom stereocenters. The van der Waals surface area contributed by atoms with Crippen molar-refractivity contribution in [1.82, 2.24) is 14.6 Å². The predicted octanol–water partition coefficient (Wildman–Crippen LogP) is 2.98. The third-order valence-electron chi connectivity index (χ3n) is 4.17. The van der Waals surface area contributed by atoms with Crippen LogP contribution < -0.4 is 10.1 Å². The summed E-state index contributed by atoms with van der Waals surface area (Å²) in [5.74, 6) is 0.179. The number of nitrogens with one attached hydrogen (secondary N) is 1. The molecule has 1 aromatic carbocycles. The molecule has 0 unspecified atom stereocenters. The number of fused-ring (bicyclic) bond motifs is 2. The zero-order chi connectivity index (χ0) is 18.3. The van der Waals surface area contributed by atoms with Gasteiger partial charge in [-0.3, -0.25) is 0 Å². The fourth-order valence-electron chi connectivity index (χ4n) is 2.88. The van der Waals surface area contributed by atoms with Gasteiger partial charge < -0.3 is 14.8 Å². The number of hydrogen-bond donors (Lipinski definition) is 1. The van der Waals surface area contributed by atoms with Crippen LogP contribution in [0.25, 0.3) is 5.65 Å². The van der Waals surface area contributed by atoms with Crippen LogP contribution >= 0.6 is 0 Å². The molecular formula is C18H17FN4O3. The summed E-state index contributed by atoms with van der Waals surface area (Å²) in [5.41, 5.74) is 1.31. The summed E-state index contributed by atoms with van der Waals surface area (Å²) in [4.78, 5) is 16.8. The Bertz CT molecular complexity index is 988. The van der Waals surface area contributed by atoms with Crippen molar-refractivity contribution in [2.75, 3.05) is 11.9 Å². The van der Waals surface area contributed by atoms with Crippen LogP contribution in [0.1, 0.15) is 35.8 Å². The zero-order valence-corrected chi connectivity index (χ0v) is 14.3. The Kier molecular flexibility index (Phi) is 3.95. The Morgan fingerprint density at radius 2 is 2.15 bits per heavy atom. The van der Waals surface area contributed by atoms with Crippen LogP contribution in [-0.2, 0) is 4.74 Å². The van der Waals surface area contributed by atoms with Crippen molar-refractivity contribution in [3.63, 3.8) is 0 Å². The van der Waals surface area contributed by atoms with Crippen LogP contribution in [0.5, 0.6) is 5.75 Å². The molecular weight excluding hydrogens is 339 g/mol. The van der Waals surface area contributed by atoms with E-state index in [1.54, 1.807) is 25.3 Å². The van der Waals surface area contributed by atoms with Crippen LogP contribution in [-0.4, -0.2) is 33.3 Å². The van der Waals surface area contributed by atoms with E-state index in [4.69, 9.17) is 9.47 Å². The van der Waals surface area contributed by atoms with Gasteiger partial charge in [-0.05, 0) is 38.1 Å². The Morgan fingerprint density at radius 1 is 1.31 bits per heavy atom. The number of cyclic esters (lactones) is 1. The number of hydrogen-bond acceptors (Lipinski definition) is 6. The predicted molar refractivity (Wildman–Crippen MR) is 91.8 cm³/mol. The van der Waals surface area contributed by atoms with Crippen molar-refractivity contribution in [3.8, 4) is 5.75 Å². The molecule has 2 aromatic heterocycles. The molecule has 1 aliphatic rings. The lowest BCUT2D eigenvalue weighted by Gasteiger charge is -2.21. The lowest BCUT2D eigenvalue weighted by molar-refractivity contribution is 0.0341. The van der Waals surface area contributed by atoms with Crippen LogP contribution in [0, 0.1) is 5.82 Å². The SMILES string of the molecule is C[C@@H]1COC(=O)c2cnn3ccc(nc23)N[C@H](C)c2cc(F)ccc2O1. The first-order valence-electron chi connectivity index (χ1n) is 8.25. The summed E-state index contributed by atoms with van der Waals surface area (Å²) in [6.07, 6.45) is 2.71. The van der Waals surface area contributed by atoms with Gasteiger partial charge in [0.1, 0.15) is 35.7 Å². The van der Waals surface area contributed by atoms with Crippen LogP contribution in [0.3, 0.4) is 0 Å². The fraction of sp³-hybridized carbons (Fsp3) is 0.278. The molecule has 0 aliphatic carbocycles. The molecule has 1 aliphatic heterocycles. The molecule has 0 saturated carbocycles. The summed E-state index contributed by atoms with van der Waals surface area (Å²) in [7, 11) is 0. The maximum atomic E-state index is 13.8. The second-order valence-electron chi connectivity index (χ2n) is 6.21. The van der Waals surface area contributed by atoms with E-state index in [0.717, 1.165) is 0 Å². The second kappa shape index (κ2) is 6.29. The van der Waals surface area contributed by atoms with Crippen molar-refractivity contribution in [2.45, 2.75) is 26.0 Å². The largest absolute Gasteiger partial charge is 0.487 e. The van der Waals surface area contributed by atoms with Crippen molar-refractivity contribution in [1.29, 1.82) is 0 Å². The highest BCUT2D eigenvalue weighted by Gasteiger charge is 2.21. The number of anilines is 1. The number of halogens is 1. The number of carbonyl (C=O) groups is 1. The normalized spacial score (nSPS) is 20.2. The third kappa shape index (κ3) is 2.94. The van der Waals surface area contributed by atoms with Crippen LogP contribution in [0.15, 0.2) is 36.7 Å². The minimum atomic E-state index is -0.522. The first-order chi connectivity index (χ1) is 12.5.